The minimum Gasteiger partial charge on any atom is -0.468 e. The Hall–Kier alpha value is -1.41. The van der Waals surface area contributed by atoms with Crippen LogP contribution in [0.25, 0.3) is 0 Å². The summed E-state index contributed by atoms with van der Waals surface area (Å²) >= 11 is 0. The number of carbonyl (C=O) groups excluding carboxylic acids is 1. The van der Waals surface area contributed by atoms with Crippen LogP contribution in [0.2, 0.25) is 0 Å². The number of carbonyl (C=O) groups is 1. The molecule has 0 saturated carbocycles. The van der Waals surface area contributed by atoms with Crippen molar-refractivity contribution in [3.8, 4) is 0 Å². The van der Waals surface area contributed by atoms with Gasteiger partial charge in [0.05, 0.1) is 18.5 Å². The van der Waals surface area contributed by atoms with Crippen molar-refractivity contribution in [2.75, 3.05) is 7.11 Å². The summed E-state index contributed by atoms with van der Waals surface area (Å²) in [4.78, 5) is 11.7. The summed E-state index contributed by atoms with van der Waals surface area (Å²) in [5.74, 6) is -0.841. The summed E-state index contributed by atoms with van der Waals surface area (Å²) in [6.07, 6.45) is 0. The zero-order valence-corrected chi connectivity index (χ0v) is 12.5. The summed E-state index contributed by atoms with van der Waals surface area (Å²) in [6.45, 7) is 6.66. The number of aromatic nitrogens is 2. The molecule has 2 N–H and O–H groups in total. The van der Waals surface area contributed by atoms with E-state index in [0.29, 0.717) is 11.4 Å². The van der Waals surface area contributed by atoms with E-state index < -0.39 is 22.0 Å². The van der Waals surface area contributed by atoms with Crippen molar-refractivity contribution < 1.29 is 17.9 Å². The van der Waals surface area contributed by atoms with Crippen LogP contribution in [0, 0.1) is 19.8 Å². The minimum absolute atomic E-state index is 0.0713. The van der Waals surface area contributed by atoms with Crippen LogP contribution in [0.4, 0.5) is 0 Å². The highest BCUT2D eigenvalue weighted by Crippen LogP contribution is 2.18. The third-order valence-electron chi connectivity index (χ3n) is 2.73. The molecule has 0 amide bonds. The molecule has 108 valence electrons. The maximum atomic E-state index is 12.3. The van der Waals surface area contributed by atoms with E-state index in [2.05, 4.69) is 19.7 Å². The number of esters is 1. The number of H-pyrrole nitrogens is 1. The summed E-state index contributed by atoms with van der Waals surface area (Å²) in [6, 6.07) is -0.927. The fourth-order valence-corrected chi connectivity index (χ4v) is 3.45. The van der Waals surface area contributed by atoms with Gasteiger partial charge in [0, 0.05) is 0 Å². The first-order chi connectivity index (χ1) is 8.70. The summed E-state index contributed by atoms with van der Waals surface area (Å²) in [5.41, 5.74) is 0.787. The molecule has 0 aromatic carbocycles. The van der Waals surface area contributed by atoms with Gasteiger partial charge in [0.1, 0.15) is 10.9 Å². The van der Waals surface area contributed by atoms with Crippen molar-refractivity contribution in [3.63, 3.8) is 0 Å². The molecular formula is C11H19N3O4S. The Morgan fingerprint density at radius 1 is 1.37 bits per heavy atom. The van der Waals surface area contributed by atoms with Crippen LogP contribution in [-0.2, 0) is 19.6 Å². The van der Waals surface area contributed by atoms with Crippen LogP contribution in [0.3, 0.4) is 0 Å². The molecule has 1 unspecified atom stereocenters. The summed E-state index contributed by atoms with van der Waals surface area (Å²) in [7, 11) is -2.60. The number of rotatable bonds is 5. The lowest BCUT2D eigenvalue weighted by Gasteiger charge is -2.19. The number of nitrogens with zero attached hydrogens (tertiary/aromatic N) is 1. The Morgan fingerprint density at radius 3 is 2.32 bits per heavy atom. The number of methoxy groups -OCH3 is 1. The number of ether oxygens (including phenoxy) is 1. The Kier molecular flexibility index (Phi) is 4.70. The second-order valence-corrected chi connectivity index (χ2v) is 6.28. The molecule has 1 rings (SSSR count). The third-order valence-corrected chi connectivity index (χ3v) is 4.44. The van der Waals surface area contributed by atoms with Gasteiger partial charge in [0.15, 0.2) is 0 Å². The molecule has 0 aliphatic carbocycles. The van der Waals surface area contributed by atoms with Crippen LogP contribution < -0.4 is 4.72 Å². The molecule has 0 saturated heterocycles. The maximum Gasteiger partial charge on any atom is 0.324 e. The fraction of sp³-hybridized carbons (Fsp3) is 0.636. The Bertz CT molecular complexity index is 543. The van der Waals surface area contributed by atoms with Crippen molar-refractivity contribution in [1.82, 2.24) is 14.9 Å². The molecule has 0 aliphatic rings. The average molecular weight is 289 g/mol. The highest BCUT2D eigenvalue weighted by molar-refractivity contribution is 7.89. The van der Waals surface area contributed by atoms with Crippen LogP contribution in [-0.4, -0.2) is 37.7 Å². The molecule has 8 heteroatoms. The van der Waals surface area contributed by atoms with E-state index in [1.807, 2.05) is 0 Å². The number of hydrogen-bond donors (Lipinski definition) is 2. The van der Waals surface area contributed by atoms with Crippen LogP contribution in [0.15, 0.2) is 4.90 Å². The molecule has 1 heterocycles. The van der Waals surface area contributed by atoms with Gasteiger partial charge >= 0.3 is 5.97 Å². The first-order valence-corrected chi connectivity index (χ1v) is 7.30. The Morgan fingerprint density at radius 2 is 1.95 bits per heavy atom. The van der Waals surface area contributed by atoms with Gasteiger partial charge < -0.3 is 4.74 Å². The van der Waals surface area contributed by atoms with E-state index in [1.165, 1.54) is 7.11 Å². The topological polar surface area (TPSA) is 101 Å². The van der Waals surface area contributed by atoms with E-state index >= 15 is 0 Å². The minimum atomic E-state index is -3.82. The van der Waals surface area contributed by atoms with E-state index in [-0.39, 0.29) is 10.8 Å². The predicted molar refractivity (Wildman–Crippen MR) is 69.0 cm³/mol. The van der Waals surface area contributed by atoms with Gasteiger partial charge in [-0.2, -0.15) is 9.82 Å². The van der Waals surface area contributed by atoms with Gasteiger partial charge in [0.2, 0.25) is 10.0 Å². The number of nitrogens with one attached hydrogen (secondary N) is 2. The average Bonchev–Trinajstić information content (AvgIpc) is 2.65. The van der Waals surface area contributed by atoms with Crippen LogP contribution >= 0.6 is 0 Å². The molecule has 0 aliphatic heterocycles. The van der Waals surface area contributed by atoms with Crippen molar-refractivity contribution in [2.45, 2.75) is 38.6 Å². The predicted octanol–water partition coefficient (Wildman–Crippen LogP) is 0.502. The van der Waals surface area contributed by atoms with Crippen molar-refractivity contribution >= 4 is 16.0 Å². The maximum absolute atomic E-state index is 12.3. The van der Waals surface area contributed by atoms with Gasteiger partial charge in [-0.3, -0.25) is 9.89 Å². The standard InChI is InChI=1S/C11H19N3O4S/c1-6(2)9(11(15)18-5)14-19(16,17)10-7(3)12-13-8(10)4/h6,9,14H,1-5H3,(H,12,13). The Balaban J connectivity index is 3.12. The van der Waals surface area contributed by atoms with Gasteiger partial charge in [-0.25, -0.2) is 8.42 Å². The summed E-state index contributed by atoms with van der Waals surface area (Å²) in [5, 5.41) is 6.44. The normalized spacial score (nSPS) is 13.6. The molecule has 7 nitrogen and oxygen atoms in total. The second kappa shape index (κ2) is 5.70. The molecular weight excluding hydrogens is 270 g/mol. The summed E-state index contributed by atoms with van der Waals surface area (Å²) < 4.78 is 31.6. The number of hydrogen-bond acceptors (Lipinski definition) is 5. The zero-order valence-electron chi connectivity index (χ0n) is 11.6. The number of aryl methyl sites for hydroxylation is 2. The number of aromatic amines is 1. The van der Waals surface area contributed by atoms with Gasteiger partial charge in [-0.15, -0.1) is 0 Å². The van der Waals surface area contributed by atoms with E-state index in [0.717, 1.165) is 0 Å². The lowest BCUT2D eigenvalue weighted by atomic mass is 10.1. The second-order valence-electron chi connectivity index (χ2n) is 4.63. The molecule has 1 aromatic rings. The molecule has 0 radical (unpaired) electrons. The van der Waals surface area contributed by atoms with Crippen LogP contribution in [0.5, 0.6) is 0 Å². The third kappa shape index (κ3) is 3.32. The Labute approximate surface area is 112 Å². The van der Waals surface area contributed by atoms with E-state index in [1.54, 1.807) is 27.7 Å². The number of sulfonamides is 1. The molecule has 1 atom stereocenters. The van der Waals surface area contributed by atoms with Gasteiger partial charge in [0.25, 0.3) is 0 Å². The molecule has 0 fully saturated rings. The highest BCUT2D eigenvalue weighted by Gasteiger charge is 2.31. The first-order valence-electron chi connectivity index (χ1n) is 5.82. The molecule has 0 bridgehead atoms. The first kappa shape index (κ1) is 15.6. The largest absolute Gasteiger partial charge is 0.468 e. The van der Waals surface area contributed by atoms with E-state index in [4.69, 9.17) is 0 Å². The quantitative estimate of drug-likeness (QED) is 0.769. The molecule has 0 spiro atoms. The fourth-order valence-electron chi connectivity index (χ4n) is 1.75. The van der Waals surface area contributed by atoms with Gasteiger partial charge in [-0.05, 0) is 19.8 Å². The van der Waals surface area contributed by atoms with E-state index in [9.17, 15) is 13.2 Å². The zero-order chi connectivity index (χ0) is 14.8. The highest BCUT2D eigenvalue weighted by atomic mass is 32.2. The lowest BCUT2D eigenvalue weighted by molar-refractivity contribution is -0.143. The monoisotopic (exact) mass is 289 g/mol. The van der Waals surface area contributed by atoms with Crippen molar-refractivity contribution in [2.24, 2.45) is 5.92 Å². The molecule has 1 aromatic heterocycles. The van der Waals surface area contributed by atoms with Crippen LogP contribution in [0.1, 0.15) is 25.2 Å². The smallest absolute Gasteiger partial charge is 0.324 e. The SMILES string of the molecule is COC(=O)C(NS(=O)(=O)c1c(C)n[nH]c1C)C(C)C. The van der Waals surface area contributed by atoms with Crippen molar-refractivity contribution in [1.29, 1.82) is 0 Å². The van der Waals surface area contributed by atoms with Crippen molar-refractivity contribution in [3.05, 3.63) is 11.4 Å². The van der Waals surface area contributed by atoms with Gasteiger partial charge in [-0.1, -0.05) is 13.8 Å². The molecule has 19 heavy (non-hydrogen) atoms. The lowest BCUT2D eigenvalue weighted by Crippen LogP contribution is -2.45.